The van der Waals surface area contributed by atoms with Crippen molar-refractivity contribution in [2.45, 2.75) is 38.6 Å². The van der Waals surface area contributed by atoms with Gasteiger partial charge in [0.25, 0.3) is 0 Å². The minimum absolute atomic E-state index is 0.0903. The molecule has 0 radical (unpaired) electrons. The lowest BCUT2D eigenvalue weighted by atomic mass is 10.0. The lowest BCUT2D eigenvalue weighted by molar-refractivity contribution is -0.118. The third-order valence-electron chi connectivity index (χ3n) is 4.16. The summed E-state index contributed by atoms with van der Waals surface area (Å²) in [5.41, 5.74) is 1.08. The van der Waals surface area contributed by atoms with Gasteiger partial charge >= 0.3 is 0 Å². The minimum Gasteiger partial charge on any atom is -0.353 e. The van der Waals surface area contributed by atoms with Gasteiger partial charge in [-0.3, -0.25) is 9.69 Å². The zero-order valence-corrected chi connectivity index (χ0v) is 14.7. The van der Waals surface area contributed by atoms with Crippen LogP contribution in [0, 0.1) is 5.82 Å². The number of thioether (sulfide) groups is 1. The second-order valence-electron chi connectivity index (χ2n) is 6.02. The summed E-state index contributed by atoms with van der Waals surface area (Å²) >= 11 is 1.67. The average Bonchev–Trinajstić information content (AvgIpc) is 2.58. The van der Waals surface area contributed by atoms with Gasteiger partial charge in [0.15, 0.2) is 0 Å². The first-order valence-corrected chi connectivity index (χ1v) is 9.70. The van der Waals surface area contributed by atoms with E-state index in [4.69, 9.17) is 0 Å². The van der Waals surface area contributed by atoms with Gasteiger partial charge in [0.2, 0.25) is 5.91 Å². The predicted molar refractivity (Wildman–Crippen MR) is 95.2 cm³/mol. The lowest BCUT2D eigenvalue weighted by Crippen LogP contribution is -2.41. The number of likely N-dealkylation sites (tertiary alicyclic amines) is 1. The first-order valence-electron chi connectivity index (χ1n) is 8.54. The fourth-order valence-electron chi connectivity index (χ4n) is 2.94. The number of halogens is 1. The Hall–Kier alpha value is -1.07. The van der Waals surface area contributed by atoms with Crippen molar-refractivity contribution in [1.82, 2.24) is 10.2 Å². The van der Waals surface area contributed by atoms with E-state index in [2.05, 4.69) is 17.1 Å². The summed E-state index contributed by atoms with van der Waals surface area (Å²) in [5.74, 6) is 1.41. The molecule has 0 spiro atoms. The third-order valence-corrected chi connectivity index (χ3v) is 5.32. The molecule has 1 aromatic carbocycles. The van der Waals surface area contributed by atoms with E-state index in [1.165, 1.54) is 31.4 Å². The fraction of sp³-hybridized carbons (Fsp3) is 0.611. The van der Waals surface area contributed by atoms with Crippen molar-refractivity contribution in [2.75, 3.05) is 31.1 Å². The summed E-state index contributed by atoms with van der Waals surface area (Å²) in [4.78, 5) is 14.4. The molecule has 3 nitrogen and oxygen atoms in total. The van der Waals surface area contributed by atoms with Gasteiger partial charge in [-0.05, 0) is 55.8 Å². The molecule has 0 bridgehead atoms. The highest BCUT2D eigenvalue weighted by Crippen LogP contribution is 2.24. The van der Waals surface area contributed by atoms with Crippen molar-refractivity contribution < 1.29 is 9.18 Å². The number of rotatable bonds is 8. The lowest BCUT2D eigenvalue weighted by Gasteiger charge is -2.35. The smallest absolute Gasteiger partial charge is 0.230 e. The van der Waals surface area contributed by atoms with E-state index in [9.17, 15) is 9.18 Å². The summed E-state index contributed by atoms with van der Waals surface area (Å²) in [7, 11) is 0. The van der Waals surface area contributed by atoms with Crippen LogP contribution in [0.1, 0.15) is 44.2 Å². The molecular weight excluding hydrogens is 311 g/mol. The maximum Gasteiger partial charge on any atom is 0.230 e. The van der Waals surface area contributed by atoms with Crippen molar-refractivity contribution in [2.24, 2.45) is 0 Å². The van der Waals surface area contributed by atoms with Gasteiger partial charge in [-0.2, -0.15) is 11.8 Å². The molecule has 1 aromatic rings. The van der Waals surface area contributed by atoms with Gasteiger partial charge in [-0.25, -0.2) is 4.39 Å². The number of nitrogens with zero attached hydrogens (tertiary/aromatic N) is 1. The van der Waals surface area contributed by atoms with Crippen molar-refractivity contribution >= 4 is 17.7 Å². The molecule has 1 atom stereocenters. The molecule has 23 heavy (non-hydrogen) atoms. The van der Waals surface area contributed by atoms with E-state index in [0.717, 1.165) is 30.8 Å². The fourth-order valence-corrected chi connectivity index (χ4v) is 3.66. The highest BCUT2D eigenvalue weighted by molar-refractivity contribution is 7.99. The zero-order chi connectivity index (χ0) is 16.5. The van der Waals surface area contributed by atoms with E-state index in [1.54, 1.807) is 11.8 Å². The quantitative estimate of drug-likeness (QED) is 0.735. The van der Waals surface area contributed by atoms with Crippen LogP contribution in [0.15, 0.2) is 24.3 Å². The first kappa shape index (κ1) is 18.3. The predicted octanol–water partition coefficient (Wildman–Crippen LogP) is 3.61. The summed E-state index contributed by atoms with van der Waals surface area (Å²) in [6.07, 6.45) is 4.74. The Bertz CT molecular complexity index is 474. The van der Waals surface area contributed by atoms with Gasteiger partial charge in [-0.15, -0.1) is 0 Å². The van der Waals surface area contributed by atoms with Crippen molar-refractivity contribution in [3.05, 3.63) is 35.6 Å². The Morgan fingerprint density at radius 2 is 1.96 bits per heavy atom. The summed E-state index contributed by atoms with van der Waals surface area (Å²) < 4.78 is 13.2. The van der Waals surface area contributed by atoms with Gasteiger partial charge in [0, 0.05) is 6.54 Å². The number of nitrogens with one attached hydrogen (secondary N) is 1. The Morgan fingerprint density at radius 3 is 2.61 bits per heavy atom. The van der Waals surface area contributed by atoms with Crippen LogP contribution in [-0.4, -0.2) is 41.9 Å². The maximum atomic E-state index is 13.2. The van der Waals surface area contributed by atoms with Gasteiger partial charge < -0.3 is 5.32 Å². The molecule has 1 heterocycles. The molecule has 0 aromatic heterocycles. The maximum absolute atomic E-state index is 13.2. The number of hydrogen-bond donors (Lipinski definition) is 1. The van der Waals surface area contributed by atoms with Gasteiger partial charge in [-0.1, -0.05) is 25.5 Å². The normalized spacial score (nSPS) is 17.0. The molecule has 1 amide bonds. The van der Waals surface area contributed by atoms with Gasteiger partial charge in [0.05, 0.1) is 11.8 Å². The SMILES string of the molecule is CCCSCC(=O)NCC(c1ccc(F)cc1)N1CCCCC1. The Kier molecular flexibility index (Phi) is 7.89. The van der Waals surface area contributed by atoms with E-state index in [-0.39, 0.29) is 17.8 Å². The van der Waals surface area contributed by atoms with Crippen LogP contribution in [0.5, 0.6) is 0 Å². The summed E-state index contributed by atoms with van der Waals surface area (Å²) in [6.45, 7) is 4.80. The Labute approximate surface area is 143 Å². The molecule has 1 fully saturated rings. The number of piperidine rings is 1. The zero-order valence-electron chi connectivity index (χ0n) is 13.9. The van der Waals surface area contributed by atoms with Gasteiger partial charge in [0.1, 0.15) is 5.82 Å². The monoisotopic (exact) mass is 338 g/mol. The Balaban J connectivity index is 1.95. The second kappa shape index (κ2) is 9.93. The number of benzene rings is 1. The van der Waals surface area contributed by atoms with Crippen LogP contribution in [-0.2, 0) is 4.79 Å². The number of carbonyl (C=O) groups excluding carboxylic acids is 1. The molecule has 0 saturated carbocycles. The number of hydrogen-bond acceptors (Lipinski definition) is 3. The Morgan fingerprint density at radius 1 is 1.26 bits per heavy atom. The first-order chi connectivity index (χ1) is 11.2. The molecule has 5 heteroatoms. The van der Waals surface area contributed by atoms with E-state index >= 15 is 0 Å². The minimum atomic E-state index is -0.217. The van der Waals surface area contributed by atoms with E-state index < -0.39 is 0 Å². The number of amides is 1. The molecule has 1 unspecified atom stereocenters. The van der Waals surface area contributed by atoms with Crippen LogP contribution >= 0.6 is 11.8 Å². The van der Waals surface area contributed by atoms with Crippen molar-refractivity contribution in [1.29, 1.82) is 0 Å². The average molecular weight is 338 g/mol. The van der Waals surface area contributed by atoms with Crippen LogP contribution in [0.4, 0.5) is 4.39 Å². The topological polar surface area (TPSA) is 32.3 Å². The molecule has 1 aliphatic rings. The molecule has 1 saturated heterocycles. The summed E-state index contributed by atoms with van der Waals surface area (Å²) in [5, 5.41) is 3.06. The largest absolute Gasteiger partial charge is 0.353 e. The van der Waals surface area contributed by atoms with Crippen LogP contribution in [0.25, 0.3) is 0 Å². The molecule has 1 N–H and O–H groups in total. The second-order valence-corrected chi connectivity index (χ2v) is 7.13. The van der Waals surface area contributed by atoms with E-state index in [0.29, 0.717) is 12.3 Å². The molecule has 2 rings (SSSR count). The van der Waals surface area contributed by atoms with Crippen LogP contribution < -0.4 is 5.32 Å². The number of carbonyl (C=O) groups is 1. The standard InChI is InChI=1S/C18H27FN2OS/c1-2-12-23-14-18(22)20-13-17(21-10-4-3-5-11-21)15-6-8-16(19)9-7-15/h6-9,17H,2-5,10-14H2,1H3,(H,20,22). The molecule has 0 aliphatic carbocycles. The summed E-state index contributed by atoms with van der Waals surface area (Å²) in [6, 6.07) is 6.83. The molecule has 1 aliphatic heterocycles. The highest BCUT2D eigenvalue weighted by Gasteiger charge is 2.22. The molecule has 128 valence electrons. The third kappa shape index (κ3) is 6.15. The van der Waals surface area contributed by atoms with Crippen LogP contribution in [0.3, 0.4) is 0 Å². The highest BCUT2D eigenvalue weighted by atomic mass is 32.2. The van der Waals surface area contributed by atoms with Crippen molar-refractivity contribution in [3.63, 3.8) is 0 Å². The van der Waals surface area contributed by atoms with Crippen molar-refractivity contribution in [3.8, 4) is 0 Å². The van der Waals surface area contributed by atoms with Crippen LogP contribution in [0.2, 0.25) is 0 Å². The molecular formula is C18H27FN2OS. The van der Waals surface area contributed by atoms with E-state index in [1.807, 2.05) is 12.1 Å².